The maximum Gasteiger partial charge on any atom is 0.263 e. The van der Waals surface area contributed by atoms with E-state index in [0.717, 1.165) is 10.6 Å². The highest BCUT2D eigenvalue weighted by Crippen LogP contribution is 2.27. The Balaban J connectivity index is 1.32. The molecular formula is C29H32N4O7S. The van der Waals surface area contributed by atoms with Crippen molar-refractivity contribution >= 4 is 33.7 Å². The molecule has 1 fully saturated rings. The Kier molecular flexibility index (Phi) is 9.93. The van der Waals surface area contributed by atoms with E-state index in [0.29, 0.717) is 54.8 Å². The number of hydrogen-bond acceptors (Lipinski definition) is 8. The second kappa shape index (κ2) is 13.8. The van der Waals surface area contributed by atoms with Crippen molar-refractivity contribution in [2.24, 2.45) is 5.10 Å². The maximum absolute atomic E-state index is 12.8. The van der Waals surface area contributed by atoms with Gasteiger partial charge < -0.3 is 19.1 Å². The van der Waals surface area contributed by atoms with Gasteiger partial charge in [-0.05, 0) is 73.2 Å². The Morgan fingerprint density at radius 2 is 1.59 bits per heavy atom. The number of hydrogen-bond donors (Lipinski definition) is 1. The number of benzene rings is 3. The zero-order chi connectivity index (χ0) is 29.2. The van der Waals surface area contributed by atoms with Crippen LogP contribution in [0.1, 0.15) is 12.5 Å². The molecule has 1 aliphatic rings. The Morgan fingerprint density at radius 3 is 2.22 bits per heavy atom. The standard InChI is InChI=1S/C29H32N4O7S/c1-22(33(41(2,36)37)24-10-14-27(15-11-24)40-26-6-4-3-5-7-26)29(35)31-30-20-23-8-12-25(13-9-23)39-21-28(34)32-16-18-38-19-17-32/h3-15,20,22H,16-19,21H2,1-2H3,(H,31,35)/b30-20-/t22-/m1/s1. The summed E-state index contributed by atoms with van der Waals surface area (Å²) in [5.41, 5.74) is 3.37. The fourth-order valence-electron chi connectivity index (χ4n) is 4.06. The van der Waals surface area contributed by atoms with Gasteiger partial charge >= 0.3 is 0 Å². The lowest BCUT2D eigenvalue weighted by Gasteiger charge is -2.27. The lowest BCUT2D eigenvalue weighted by atomic mass is 10.2. The summed E-state index contributed by atoms with van der Waals surface area (Å²) in [5, 5.41) is 3.97. The number of carbonyl (C=O) groups is 2. The smallest absolute Gasteiger partial charge is 0.263 e. The lowest BCUT2D eigenvalue weighted by molar-refractivity contribution is -0.137. The van der Waals surface area contributed by atoms with Crippen molar-refractivity contribution < 1.29 is 32.2 Å². The van der Waals surface area contributed by atoms with E-state index in [1.54, 1.807) is 53.4 Å². The van der Waals surface area contributed by atoms with Gasteiger partial charge in [0.1, 0.15) is 23.3 Å². The van der Waals surface area contributed by atoms with Gasteiger partial charge in [0, 0.05) is 13.1 Å². The zero-order valence-corrected chi connectivity index (χ0v) is 23.6. The molecule has 0 saturated carbocycles. The van der Waals surface area contributed by atoms with Gasteiger partial charge in [-0.1, -0.05) is 18.2 Å². The third-order valence-corrected chi connectivity index (χ3v) is 7.39. The minimum absolute atomic E-state index is 0.0685. The first kappa shape index (κ1) is 29.6. The molecule has 1 heterocycles. The number of carbonyl (C=O) groups excluding carboxylic acids is 2. The first-order valence-electron chi connectivity index (χ1n) is 12.9. The van der Waals surface area contributed by atoms with Gasteiger partial charge in [-0.3, -0.25) is 13.9 Å². The van der Waals surface area contributed by atoms with E-state index in [4.69, 9.17) is 14.2 Å². The summed E-state index contributed by atoms with van der Waals surface area (Å²) in [5.74, 6) is 0.973. The topological polar surface area (TPSA) is 127 Å². The van der Waals surface area contributed by atoms with Crippen LogP contribution in [0.15, 0.2) is 84.0 Å². The average Bonchev–Trinajstić information content (AvgIpc) is 2.98. The molecule has 0 radical (unpaired) electrons. The number of sulfonamides is 1. The summed E-state index contributed by atoms with van der Waals surface area (Å²) < 4.78 is 42.8. The molecule has 216 valence electrons. The Bertz CT molecular complexity index is 1440. The van der Waals surface area contributed by atoms with E-state index in [-0.39, 0.29) is 12.5 Å². The molecule has 1 atom stereocenters. The molecule has 0 aliphatic carbocycles. The number of nitrogens with zero attached hydrogens (tertiary/aromatic N) is 3. The van der Waals surface area contributed by atoms with E-state index in [1.807, 2.05) is 30.3 Å². The van der Waals surface area contributed by atoms with E-state index in [1.165, 1.54) is 13.1 Å². The van der Waals surface area contributed by atoms with Crippen LogP contribution in [0.25, 0.3) is 0 Å². The van der Waals surface area contributed by atoms with Crippen LogP contribution in [0.3, 0.4) is 0 Å². The summed E-state index contributed by atoms with van der Waals surface area (Å²) in [6.07, 6.45) is 2.46. The van der Waals surface area contributed by atoms with Crippen molar-refractivity contribution in [2.45, 2.75) is 13.0 Å². The molecule has 0 bridgehead atoms. The maximum atomic E-state index is 12.8. The molecule has 11 nitrogen and oxygen atoms in total. The van der Waals surface area contributed by atoms with Crippen LogP contribution in [0.2, 0.25) is 0 Å². The minimum Gasteiger partial charge on any atom is -0.484 e. The second-order valence-electron chi connectivity index (χ2n) is 9.23. The summed E-state index contributed by atoms with van der Waals surface area (Å²) in [4.78, 5) is 26.7. The normalized spacial score (nSPS) is 14.3. The summed E-state index contributed by atoms with van der Waals surface area (Å²) >= 11 is 0. The van der Waals surface area contributed by atoms with Gasteiger partial charge in [0.05, 0.1) is 31.4 Å². The fourth-order valence-corrected chi connectivity index (χ4v) is 5.23. The molecule has 41 heavy (non-hydrogen) atoms. The number of hydrazone groups is 1. The quantitative estimate of drug-likeness (QED) is 0.273. The SMILES string of the molecule is C[C@H](C(=O)N/N=C\c1ccc(OCC(=O)N2CCOCC2)cc1)N(c1ccc(Oc2ccccc2)cc1)S(C)(=O)=O. The highest BCUT2D eigenvalue weighted by molar-refractivity contribution is 7.92. The van der Waals surface area contributed by atoms with Crippen molar-refractivity contribution in [3.63, 3.8) is 0 Å². The van der Waals surface area contributed by atoms with E-state index in [9.17, 15) is 18.0 Å². The van der Waals surface area contributed by atoms with E-state index in [2.05, 4.69) is 10.5 Å². The Hall–Kier alpha value is -4.42. The van der Waals surface area contributed by atoms with E-state index >= 15 is 0 Å². The van der Waals surface area contributed by atoms with Gasteiger partial charge in [0.2, 0.25) is 10.0 Å². The Labute approximate surface area is 239 Å². The third-order valence-electron chi connectivity index (χ3n) is 6.15. The van der Waals surface area contributed by atoms with Gasteiger partial charge in [0.25, 0.3) is 11.8 Å². The summed E-state index contributed by atoms with van der Waals surface area (Å²) in [7, 11) is -3.80. The molecule has 3 aromatic carbocycles. The van der Waals surface area contributed by atoms with Crippen LogP contribution in [0.4, 0.5) is 5.69 Å². The molecule has 12 heteroatoms. The number of amides is 2. The van der Waals surface area contributed by atoms with Gasteiger partial charge in [-0.2, -0.15) is 5.10 Å². The lowest BCUT2D eigenvalue weighted by Crippen LogP contribution is -2.46. The Morgan fingerprint density at radius 1 is 0.976 bits per heavy atom. The number of ether oxygens (including phenoxy) is 3. The van der Waals surface area contributed by atoms with Crippen molar-refractivity contribution in [1.29, 1.82) is 0 Å². The number of para-hydroxylation sites is 1. The molecule has 1 N–H and O–H groups in total. The van der Waals surface area contributed by atoms with Gasteiger partial charge in [-0.25, -0.2) is 13.8 Å². The molecule has 0 spiro atoms. The molecule has 2 amide bonds. The number of nitrogens with one attached hydrogen (secondary N) is 1. The predicted molar refractivity (Wildman–Crippen MR) is 155 cm³/mol. The largest absolute Gasteiger partial charge is 0.484 e. The first-order chi connectivity index (χ1) is 19.7. The second-order valence-corrected chi connectivity index (χ2v) is 11.1. The fraction of sp³-hybridized carbons (Fsp3) is 0.276. The van der Waals surface area contributed by atoms with Gasteiger partial charge in [-0.15, -0.1) is 0 Å². The molecule has 0 aromatic heterocycles. The molecule has 0 unspecified atom stereocenters. The van der Waals surface area contributed by atoms with Crippen LogP contribution in [-0.4, -0.2) is 76.6 Å². The minimum atomic E-state index is -3.80. The first-order valence-corrected chi connectivity index (χ1v) is 14.8. The highest BCUT2D eigenvalue weighted by atomic mass is 32.2. The monoisotopic (exact) mass is 580 g/mol. The molecule has 1 saturated heterocycles. The van der Waals surface area contributed by atoms with E-state index < -0.39 is 22.0 Å². The number of rotatable bonds is 11. The van der Waals surface area contributed by atoms with Gasteiger partial charge in [0.15, 0.2) is 6.61 Å². The number of anilines is 1. The van der Waals surface area contributed by atoms with Crippen LogP contribution >= 0.6 is 0 Å². The highest BCUT2D eigenvalue weighted by Gasteiger charge is 2.29. The molecular weight excluding hydrogens is 548 g/mol. The molecule has 4 rings (SSSR count). The molecule has 3 aromatic rings. The average molecular weight is 581 g/mol. The summed E-state index contributed by atoms with van der Waals surface area (Å²) in [6, 6.07) is 21.3. The van der Waals surface area contributed by atoms with Crippen LogP contribution in [0, 0.1) is 0 Å². The third kappa shape index (κ3) is 8.53. The number of morpholine rings is 1. The van der Waals surface area contributed by atoms with Crippen LogP contribution < -0.4 is 19.2 Å². The summed E-state index contributed by atoms with van der Waals surface area (Å²) in [6.45, 7) is 3.57. The molecule has 1 aliphatic heterocycles. The van der Waals surface area contributed by atoms with Crippen LogP contribution in [-0.2, 0) is 24.3 Å². The van der Waals surface area contributed by atoms with Crippen molar-refractivity contribution in [1.82, 2.24) is 10.3 Å². The van der Waals surface area contributed by atoms with Crippen LogP contribution in [0.5, 0.6) is 17.2 Å². The van der Waals surface area contributed by atoms with Crippen molar-refractivity contribution in [2.75, 3.05) is 43.5 Å². The van der Waals surface area contributed by atoms with Crippen molar-refractivity contribution in [3.8, 4) is 17.2 Å². The van der Waals surface area contributed by atoms with Crippen molar-refractivity contribution in [3.05, 3.63) is 84.4 Å². The zero-order valence-electron chi connectivity index (χ0n) is 22.8. The predicted octanol–water partition coefficient (Wildman–Crippen LogP) is 3.02.